The van der Waals surface area contributed by atoms with Crippen LogP contribution in [0.1, 0.15) is 16.1 Å². The Hall–Kier alpha value is -2.61. The molecule has 108 valence electrons. The molecule has 1 N–H and O–H groups in total. The minimum absolute atomic E-state index is 0.0336. The van der Waals surface area contributed by atoms with Gasteiger partial charge in [-0.3, -0.25) is 10.1 Å². The van der Waals surface area contributed by atoms with Crippen LogP contribution in [0.15, 0.2) is 24.3 Å². The van der Waals surface area contributed by atoms with Gasteiger partial charge >= 0.3 is 5.97 Å². The summed E-state index contributed by atoms with van der Waals surface area (Å²) < 4.78 is 4.67. The number of ether oxygens (including phenoxy) is 1. The van der Waals surface area contributed by atoms with Crippen LogP contribution in [0.2, 0.25) is 0 Å². The maximum Gasteiger partial charge on any atom is 0.342 e. The smallest absolute Gasteiger partial charge is 0.342 e. The van der Waals surface area contributed by atoms with E-state index in [0.29, 0.717) is 11.3 Å². The number of hydrogen-bond acceptors (Lipinski definition) is 6. The molecule has 0 fully saturated rings. The summed E-state index contributed by atoms with van der Waals surface area (Å²) in [6.45, 7) is 1.63. The standard InChI is InChI=1S/C13H11N3O4S/c1-7-10(13(17)20-2)12(21)15-11(14-7)8-5-3-4-6-9(8)16(18)19/h3-6H,1-2H3,(H,14,15,21). The van der Waals surface area contributed by atoms with Gasteiger partial charge in [-0.2, -0.15) is 0 Å². The molecule has 7 nitrogen and oxygen atoms in total. The number of nitro benzene ring substituents is 1. The van der Waals surface area contributed by atoms with Crippen LogP contribution in [-0.2, 0) is 4.74 Å². The zero-order valence-electron chi connectivity index (χ0n) is 11.2. The summed E-state index contributed by atoms with van der Waals surface area (Å²) in [5.74, 6) is -0.368. The van der Waals surface area contributed by atoms with Crippen LogP contribution in [0.3, 0.4) is 0 Å². The third kappa shape index (κ3) is 2.79. The van der Waals surface area contributed by atoms with Gasteiger partial charge in [-0.1, -0.05) is 24.4 Å². The molecule has 0 saturated heterocycles. The number of hydrogen-bond donors (Lipinski definition) is 1. The first-order valence-corrected chi connectivity index (χ1v) is 6.29. The van der Waals surface area contributed by atoms with E-state index >= 15 is 0 Å². The van der Waals surface area contributed by atoms with Gasteiger partial charge in [0.05, 0.1) is 17.6 Å². The van der Waals surface area contributed by atoms with E-state index in [1.165, 1.54) is 13.2 Å². The lowest BCUT2D eigenvalue weighted by molar-refractivity contribution is -0.384. The van der Waals surface area contributed by atoms with E-state index in [-0.39, 0.29) is 21.7 Å². The second kappa shape index (κ2) is 5.80. The van der Waals surface area contributed by atoms with Crippen LogP contribution in [0.25, 0.3) is 11.4 Å². The molecule has 0 spiro atoms. The monoisotopic (exact) mass is 305 g/mol. The van der Waals surface area contributed by atoms with Crippen molar-refractivity contribution < 1.29 is 14.5 Å². The van der Waals surface area contributed by atoms with Gasteiger partial charge in [0.1, 0.15) is 16.0 Å². The maximum absolute atomic E-state index is 11.6. The number of nitro groups is 1. The van der Waals surface area contributed by atoms with Crippen molar-refractivity contribution in [3.63, 3.8) is 0 Å². The summed E-state index contributed by atoms with van der Waals surface area (Å²) in [4.78, 5) is 29.1. The number of aromatic amines is 1. The second-order valence-electron chi connectivity index (χ2n) is 4.16. The highest BCUT2D eigenvalue weighted by Crippen LogP contribution is 2.27. The number of methoxy groups -OCH3 is 1. The van der Waals surface area contributed by atoms with E-state index in [1.807, 2.05) is 0 Å². The molecule has 0 amide bonds. The van der Waals surface area contributed by atoms with Gasteiger partial charge in [0.15, 0.2) is 0 Å². The minimum Gasteiger partial charge on any atom is -0.465 e. The predicted octanol–water partition coefficient (Wildman–Crippen LogP) is 2.81. The number of nitrogens with one attached hydrogen (secondary N) is 1. The van der Waals surface area contributed by atoms with E-state index in [9.17, 15) is 14.9 Å². The number of para-hydroxylation sites is 1. The minimum atomic E-state index is -0.602. The van der Waals surface area contributed by atoms with Gasteiger partial charge in [0.2, 0.25) is 0 Å². The second-order valence-corrected chi connectivity index (χ2v) is 4.54. The molecule has 0 unspecified atom stereocenters. The molecule has 0 atom stereocenters. The number of carbonyl (C=O) groups excluding carboxylic acids is 1. The molecule has 1 aromatic carbocycles. The van der Waals surface area contributed by atoms with Gasteiger partial charge < -0.3 is 9.72 Å². The lowest BCUT2D eigenvalue weighted by Gasteiger charge is -2.08. The molecule has 2 rings (SSSR count). The normalized spacial score (nSPS) is 10.2. The highest BCUT2D eigenvalue weighted by Gasteiger charge is 2.19. The Morgan fingerprint density at radius 1 is 1.43 bits per heavy atom. The average Bonchev–Trinajstić information content (AvgIpc) is 2.46. The van der Waals surface area contributed by atoms with Crippen molar-refractivity contribution in [1.82, 2.24) is 9.97 Å². The quantitative estimate of drug-likeness (QED) is 0.405. The Morgan fingerprint density at radius 2 is 2.10 bits per heavy atom. The van der Waals surface area contributed by atoms with Crippen molar-refractivity contribution in [2.24, 2.45) is 0 Å². The van der Waals surface area contributed by atoms with Crippen LogP contribution in [0, 0.1) is 21.7 Å². The number of carbonyl (C=O) groups is 1. The molecule has 8 heteroatoms. The van der Waals surface area contributed by atoms with E-state index < -0.39 is 10.9 Å². The molecule has 1 heterocycles. The van der Waals surface area contributed by atoms with Crippen LogP contribution in [0.5, 0.6) is 0 Å². The first-order valence-electron chi connectivity index (χ1n) is 5.88. The third-order valence-corrected chi connectivity index (χ3v) is 3.15. The Labute approximate surface area is 124 Å². The molecule has 0 aliphatic carbocycles. The Bertz CT molecular complexity index is 785. The summed E-state index contributed by atoms with van der Waals surface area (Å²) in [5, 5.41) is 11.1. The van der Waals surface area contributed by atoms with Gasteiger partial charge in [-0.15, -0.1) is 0 Å². The van der Waals surface area contributed by atoms with Crippen LogP contribution < -0.4 is 0 Å². The number of aromatic nitrogens is 2. The summed E-state index contributed by atoms with van der Waals surface area (Å²) in [5.41, 5.74) is 0.791. The average molecular weight is 305 g/mol. The zero-order valence-corrected chi connectivity index (χ0v) is 12.1. The first-order chi connectivity index (χ1) is 9.95. The number of benzene rings is 1. The van der Waals surface area contributed by atoms with Crippen molar-refractivity contribution in [2.75, 3.05) is 7.11 Å². The van der Waals surface area contributed by atoms with Crippen LogP contribution >= 0.6 is 12.2 Å². The molecule has 21 heavy (non-hydrogen) atoms. The summed E-state index contributed by atoms with van der Waals surface area (Å²) in [7, 11) is 1.24. The Balaban J connectivity index is 2.66. The molecular weight excluding hydrogens is 294 g/mol. The molecule has 0 radical (unpaired) electrons. The van der Waals surface area contributed by atoms with Crippen LogP contribution in [-0.4, -0.2) is 28.0 Å². The highest BCUT2D eigenvalue weighted by molar-refractivity contribution is 7.71. The van der Waals surface area contributed by atoms with E-state index in [0.717, 1.165) is 0 Å². The van der Waals surface area contributed by atoms with Gasteiger partial charge in [-0.05, 0) is 13.0 Å². The zero-order chi connectivity index (χ0) is 15.6. The molecule has 2 aromatic rings. The molecule has 0 saturated carbocycles. The number of rotatable bonds is 3. The topological polar surface area (TPSA) is 98.1 Å². The molecule has 0 aliphatic heterocycles. The van der Waals surface area contributed by atoms with E-state index in [2.05, 4.69) is 14.7 Å². The molecule has 1 aromatic heterocycles. The van der Waals surface area contributed by atoms with Crippen molar-refractivity contribution in [3.8, 4) is 11.4 Å². The lowest BCUT2D eigenvalue weighted by atomic mass is 10.1. The predicted molar refractivity (Wildman–Crippen MR) is 77.6 cm³/mol. The Kier molecular flexibility index (Phi) is 4.08. The molecule has 0 bridgehead atoms. The maximum atomic E-state index is 11.6. The fourth-order valence-electron chi connectivity index (χ4n) is 1.89. The van der Waals surface area contributed by atoms with Crippen LogP contribution in [0.4, 0.5) is 5.69 Å². The largest absolute Gasteiger partial charge is 0.465 e. The van der Waals surface area contributed by atoms with Gasteiger partial charge in [0, 0.05) is 11.8 Å². The summed E-state index contributed by atoms with van der Waals surface area (Å²) in [6, 6.07) is 6.15. The molecular formula is C13H11N3O4S. The lowest BCUT2D eigenvalue weighted by Crippen LogP contribution is -2.09. The van der Waals surface area contributed by atoms with Crippen molar-refractivity contribution in [3.05, 3.63) is 50.3 Å². The Morgan fingerprint density at radius 3 is 2.67 bits per heavy atom. The van der Waals surface area contributed by atoms with Gasteiger partial charge in [0.25, 0.3) is 5.69 Å². The SMILES string of the molecule is COC(=O)c1c(C)[nH]c(-c2ccccc2[N+](=O)[O-])nc1=S. The van der Waals surface area contributed by atoms with Crippen molar-refractivity contribution in [2.45, 2.75) is 6.92 Å². The number of aryl methyl sites for hydroxylation is 1. The highest BCUT2D eigenvalue weighted by atomic mass is 32.1. The molecule has 0 aliphatic rings. The van der Waals surface area contributed by atoms with Gasteiger partial charge in [-0.25, -0.2) is 9.78 Å². The fraction of sp³-hybridized carbons (Fsp3) is 0.154. The summed E-state index contributed by atoms with van der Waals surface area (Å²) in [6.07, 6.45) is 0. The van der Waals surface area contributed by atoms with Crippen molar-refractivity contribution >= 4 is 23.9 Å². The number of nitrogens with zero attached hydrogens (tertiary/aromatic N) is 2. The third-order valence-electron chi connectivity index (χ3n) is 2.85. The number of esters is 1. The fourth-order valence-corrected chi connectivity index (χ4v) is 2.22. The first kappa shape index (κ1) is 14.8. The summed E-state index contributed by atoms with van der Waals surface area (Å²) >= 11 is 5.08. The van der Waals surface area contributed by atoms with E-state index in [4.69, 9.17) is 12.2 Å². The van der Waals surface area contributed by atoms with E-state index in [1.54, 1.807) is 25.1 Å². The number of H-pyrrole nitrogens is 1. The van der Waals surface area contributed by atoms with Crippen molar-refractivity contribution in [1.29, 1.82) is 0 Å².